The van der Waals surface area contributed by atoms with Crippen LogP contribution < -0.4 is 4.74 Å². The van der Waals surface area contributed by atoms with Gasteiger partial charge in [-0.05, 0) is 13.0 Å². The van der Waals surface area contributed by atoms with E-state index < -0.39 is 41.5 Å². The van der Waals surface area contributed by atoms with Gasteiger partial charge in [0.25, 0.3) is 5.95 Å². The van der Waals surface area contributed by atoms with Gasteiger partial charge in [0, 0.05) is 0 Å². The Morgan fingerprint density at radius 2 is 1.81 bits per heavy atom. The van der Waals surface area contributed by atoms with Gasteiger partial charge >= 0.3 is 18.5 Å². The molecule has 118 valence electrons. The first-order valence-electron chi connectivity index (χ1n) is 5.16. The highest BCUT2D eigenvalue weighted by atomic mass is 19.4. The summed E-state index contributed by atoms with van der Waals surface area (Å²) in [5.74, 6) is -5.81. The first-order chi connectivity index (χ1) is 9.45. The third kappa shape index (κ3) is 4.46. The monoisotopic (exact) mass is 321 g/mol. The van der Waals surface area contributed by atoms with Crippen molar-refractivity contribution >= 4 is 5.97 Å². The van der Waals surface area contributed by atoms with E-state index >= 15 is 0 Å². The molecule has 0 radical (unpaired) electrons. The highest BCUT2D eigenvalue weighted by Gasteiger charge is 2.42. The lowest BCUT2D eigenvalue weighted by atomic mass is 10.2. The summed E-state index contributed by atoms with van der Waals surface area (Å²) in [6.07, 6.45) is -11.0. The first-order valence-corrected chi connectivity index (χ1v) is 5.16. The van der Waals surface area contributed by atoms with Gasteiger partial charge in [0.15, 0.2) is 11.4 Å². The number of hydrogen-bond donors (Lipinski definition) is 0. The molecular formula is C10H6F7NO3. The molecule has 21 heavy (non-hydrogen) atoms. The number of halogens is 7. The Kier molecular flexibility index (Phi) is 4.64. The van der Waals surface area contributed by atoms with E-state index in [0.29, 0.717) is 0 Å². The lowest BCUT2D eigenvalue weighted by molar-refractivity contribution is -0.277. The van der Waals surface area contributed by atoms with Crippen LogP contribution in [-0.2, 0) is 10.9 Å². The third-order valence-corrected chi connectivity index (χ3v) is 1.94. The topological polar surface area (TPSA) is 48.4 Å². The number of aromatic nitrogens is 1. The van der Waals surface area contributed by atoms with Gasteiger partial charge in [-0.15, -0.1) is 13.2 Å². The average molecular weight is 321 g/mol. The second-order valence-electron chi connectivity index (χ2n) is 3.44. The van der Waals surface area contributed by atoms with Crippen LogP contribution in [0.4, 0.5) is 30.7 Å². The van der Waals surface area contributed by atoms with E-state index in [1.165, 1.54) is 6.92 Å². The molecule has 0 amide bonds. The normalized spacial score (nSPS) is 12.2. The molecule has 0 aliphatic rings. The second kappa shape index (κ2) is 5.74. The minimum atomic E-state index is -5.56. The van der Waals surface area contributed by atoms with Crippen molar-refractivity contribution in [2.45, 2.75) is 19.5 Å². The SMILES string of the molecule is CCOC(=O)c1cc(C(F)(F)F)c(OC(F)(F)F)c(F)n1. The van der Waals surface area contributed by atoms with Crippen molar-refractivity contribution < 1.29 is 45.0 Å². The van der Waals surface area contributed by atoms with Crippen molar-refractivity contribution in [1.82, 2.24) is 4.98 Å². The summed E-state index contributed by atoms with van der Waals surface area (Å²) in [5, 5.41) is 0. The number of esters is 1. The van der Waals surface area contributed by atoms with Crippen molar-refractivity contribution in [3.05, 3.63) is 23.3 Å². The van der Waals surface area contributed by atoms with E-state index in [1.54, 1.807) is 0 Å². The fraction of sp³-hybridized carbons (Fsp3) is 0.400. The number of ether oxygens (including phenoxy) is 2. The zero-order valence-corrected chi connectivity index (χ0v) is 10.1. The van der Waals surface area contributed by atoms with Crippen LogP contribution in [0.3, 0.4) is 0 Å². The van der Waals surface area contributed by atoms with Gasteiger partial charge in [-0.3, -0.25) is 0 Å². The van der Waals surface area contributed by atoms with E-state index in [2.05, 4.69) is 14.5 Å². The van der Waals surface area contributed by atoms with Crippen LogP contribution in [0, 0.1) is 5.95 Å². The van der Waals surface area contributed by atoms with Gasteiger partial charge < -0.3 is 9.47 Å². The molecule has 0 atom stereocenters. The van der Waals surface area contributed by atoms with Crippen LogP contribution in [0.25, 0.3) is 0 Å². The van der Waals surface area contributed by atoms with Crippen molar-refractivity contribution in [1.29, 1.82) is 0 Å². The summed E-state index contributed by atoms with van der Waals surface area (Å²) in [7, 11) is 0. The van der Waals surface area contributed by atoms with Gasteiger partial charge in [0.05, 0.1) is 6.61 Å². The van der Waals surface area contributed by atoms with E-state index in [1.807, 2.05) is 0 Å². The fourth-order valence-corrected chi connectivity index (χ4v) is 1.24. The summed E-state index contributed by atoms with van der Waals surface area (Å²) in [5.41, 5.74) is -3.26. The molecule has 0 saturated carbocycles. The minimum Gasteiger partial charge on any atom is -0.461 e. The Morgan fingerprint density at radius 1 is 1.24 bits per heavy atom. The summed E-state index contributed by atoms with van der Waals surface area (Å²) < 4.78 is 94.5. The van der Waals surface area contributed by atoms with Gasteiger partial charge in [0.2, 0.25) is 0 Å². The van der Waals surface area contributed by atoms with Crippen molar-refractivity contribution in [2.75, 3.05) is 6.61 Å². The Hall–Kier alpha value is -2.07. The molecule has 1 rings (SSSR count). The Balaban J connectivity index is 3.42. The van der Waals surface area contributed by atoms with Crippen molar-refractivity contribution in [2.24, 2.45) is 0 Å². The molecule has 0 unspecified atom stereocenters. The molecule has 11 heteroatoms. The summed E-state index contributed by atoms with van der Waals surface area (Å²) in [6, 6.07) is -0.0812. The van der Waals surface area contributed by atoms with E-state index in [9.17, 15) is 35.5 Å². The number of alkyl halides is 6. The molecule has 0 fully saturated rings. The standard InChI is InChI=1S/C10H6F7NO3/c1-2-20-8(19)5-3-4(9(12,13)14)6(7(11)18-5)21-10(15,16)17/h3H,2H2,1H3. The molecule has 1 aromatic heterocycles. The quantitative estimate of drug-likeness (QED) is 0.487. The average Bonchev–Trinajstić information content (AvgIpc) is 2.28. The summed E-state index contributed by atoms with van der Waals surface area (Å²) >= 11 is 0. The summed E-state index contributed by atoms with van der Waals surface area (Å²) in [4.78, 5) is 13.9. The number of pyridine rings is 1. The molecule has 0 saturated heterocycles. The van der Waals surface area contributed by atoms with E-state index in [0.717, 1.165) is 0 Å². The zero-order chi connectivity index (χ0) is 16.4. The number of carbonyl (C=O) groups is 1. The van der Waals surface area contributed by atoms with Gasteiger partial charge in [-0.25, -0.2) is 9.78 Å². The molecule has 4 nitrogen and oxygen atoms in total. The maximum Gasteiger partial charge on any atom is 0.573 e. The lowest BCUT2D eigenvalue weighted by Crippen LogP contribution is -2.23. The highest BCUT2D eigenvalue weighted by Crippen LogP contribution is 2.39. The minimum absolute atomic E-state index is 0.0812. The van der Waals surface area contributed by atoms with Crippen LogP contribution in [0.1, 0.15) is 23.0 Å². The van der Waals surface area contributed by atoms with Crippen molar-refractivity contribution in [3.63, 3.8) is 0 Å². The predicted molar refractivity (Wildman–Crippen MR) is 51.8 cm³/mol. The van der Waals surface area contributed by atoms with E-state index in [-0.39, 0.29) is 12.7 Å². The van der Waals surface area contributed by atoms with Crippen LogP contribution in [0.2, 0.25) is 0 Å². The highest BCUT2D eigenvalue weighted by molar-refractivity contribution is 5.87. The molecule has 0 spiro atoms. The fourth-order valence-electron chi connectivity index (χ4n) is 1.24. The first kappa shape index (κ1) is 17.0. The summed E-state index contributed by atoms with van der Waals surface area (Å²) in [6.45, 7) is 1.07. The zero-order valence-electron chi connectivity index (χ0n) is 10.1. The molecule has 0 bridgehead atoms. The molecule has 0 aliphatic heterocycles. The Bertz CT molecular complexity index is 539. The van der Waals surface area contributed by atoms with Crippen LogP contribution in [-0.4, -0.2) is 23.9 Å². The Labute approximate surface area is 112 Å². The lowest BCUT2D eigenvalue weighted by Gasteiger charge is -2.16. The van der Waals surface area contributed by atoms with Crippen LogP contribution in [0.15, 0.2) is 6.07 Å². The largest absolute Gasteiger partial charge is 0.573 e. The molecule has 0 aliphatic carbocycles. The molecule has 0 aromatic carbocycles. The number of carbonyl (C=O) groups excluding carboxylic acids is 1. The predicted octanol–water partition coefficient (Wildman–Crippen LogP) is 3.31. The Morgan fingerprint density at radius 3 is 2.24 bits per heavy atom. The van der Waals surface area contributed by atoms with E-state index in [4.69, 9.17) is 0 Å². The van der Waals surface area contributed by atoms with Crippen LogP contribution >= 0.6 is 0 Å². The molecule has 1 aromatic rings. The van der Waals surface area contributed by atoms with Gasteiger partial charge in [-0.2, -0.15) is 17.6 Å². The second-order valence-corrected chi connectivity index (χ2v) is 3.44. The third-order valence-electron chi connectivity index (χ3n) is 1.94. The van der Waals surface area contributed by atoms with Crippen molar-refractivity contribution in [3.8, 4) is 5.75 Å². The number of nitrogens with zero attached hydrogens (tertiary/aromatic N) is 1. The maximum atomic E-state index is 13.3. The maximum absolute atomic E-state index is 13.3. The number of hydrogen-bond acceptors (Lipinski definition) is 4. The van der Waals surface area contributed by atoms with Gasteiger partial charge in [0.1, 0.15) is 5.56 Å². The van der Waals surface area contributed by atoms with Gasteiger partial charge in [-0.1, -0.05) is 0 Å². The molecule has 1 heterocycles. The smallest absolute Gasteiger partial charge is 0.461 e. The molecule has 0 N–H and O–H groups in total. The molecular weight excluding hydrogens is 315 g/mol. The number of rotatable bonds is 3. The van der Waals surface area contributed by atoms with Crippen LogP contribution in [0.5, 0.6) is 5.75 Å².